The van der Waals surface area contributed by atoms with E-state index in [1.54, 1.807) is 6.20 Å². The lowest BCUT2D eigenvalue weighted by Crippen LogP contribution is -1.94. The maximum atomic E-state index is 3.65. The maximum absolute atomic E-state index is 3.65. The summed E-state index contributed by atoms with van der Waals surface area (Å²) >= 11 is 0. The van der Waals surface area contributed by atoms with Crippen molar-refractivity contribution in [3.63, 3.8) is 0 Å². The Morgan fingerprint density at radius 3 is 2.17 bits per heavy atom. The third-order valence-corrected chi connectivity index (χ3v) is 1.92. The molecule has 1 N–H and O–H groups in total. The maximum Gasteiger partial charge on any atom is 0.0439 e. The molecule has 0 fully saturated rings. The van der Waals surface area contributed by atoms with Gasteiger partial charge in [0.05, 0.1) is 0 Å². The number of rotatable bonds is 2. The van der Waals surface area contributed by atoms with Crippen LogP contribution >= 0.6 is 0 Å². The summed E-state index contributed by atoms with van der Waals surface area (Å²) in [6.07, 6.45) is 1.71. The van der Waals surface area contributed by atoms with Crippen LogP contribution in [-0.4, -0.2) is 0 Å². The zero-order valence-corrected chi connectivity index (χ0v) is 7.94. The van der Waals surface area contributed by atoms with Gasteiger partial charge in [-0.3, -0.25) is 0 Å². The zero-order valence-electron chi connectivity index (χ0n) is 7.94. The smallest absolute Gasteiger partial charge is 0.0439 e. The minimum atomic E-state index is 0. The van der Waals surface area contributed by atoms with Crippen molar-refractivity contribution in [2.45, 2.75) is 20.8 Å². The fourth-order valence-corrected chi connectivity index (χ4v) is 1.51. The molecule has 0 heterocycles. The molecule has 0 radical (unpaired) electrons. The number of aryl methyl sites for hydroxylation is 3. The van der Waals surface area contributed by atoms with Gasteiger partial charge < -0.3 is 5.32 Å². The molecule has 1 aromatic carbocycles. The molecule has 0 bridgehead atoms. The molecule has 0 aliphatic rings. The third-order valence-electron chi connectivity index (χ3n) is 1.92. The molecule has 1 nitrogen and oxygen atoms in total. The molecule has 1 rings (SSSR count). The lowest BCUT2D eigenvalue weighted by Gasteiger charge is -2.10. The first kappa shape index (κ1) is 8.85. The van der Waals surface area contributed by atoms with Crippen LogP contribution in [0.25, 0.3) is 0 Å². The van der Waals surface area contributed by atoms with Gasteiger partial charge in [0.25, 0.3) is 0 Å². The molecule has 12 heavy (non-hydrogen) atoms. The van der Waals surface area contributed by atoms with Gasteiger partial charge in [0.15, 0.2) is 0 Å². The quantitative estimate of drug-likeness (QED) is 0.704. The average molecular weight is 163 g/mol. The predicted octanol–water partition coefficient (Wildman–Crippen LogP) is 3.41. The number of benzene rings is 1. The highest BCUT2D eigenvalue weighted by molar-refractivity contribution is 5.59. The number of anilines is 1. The molecule has 0 amide bonds. The van der Waals surface area contributed by atoms with Crippen molar-refractivity contribution in [3.8, 4) is 0 Å². The summed E-state index contributed by atoms with van der Waals surface area (Å²) < 4.78 is 0. The molecule has 0 atom stereocenters. The van der Waals surface area contributed by atoms with E-state index in [0.29, 0.717) is 0 Å². The first-order valence-corrected chi connectivity index (χ1v) is 4.10. The van der Waals surface area contributed by atoms with Gasteiger partial charge in [0.1, 0.15) is 0 Å². The van der Waals surface area contributed by atoms with Crippen LogP contribution in [0.4, 0.5) is 5.69 Å². The largest absolute Gasteiger partial charge is 0.362 e. The summed E-state index contributed by atoms with van der Waals surface area (Å²) in [7, 11) is 0. The van der Waals surface area contributed by atoms with Crippen LogP contribution in [0.2, 0.25) is 0 Å². The fourth-order valence-electron chi connectivity index (χ4n) is 1.51. The van der Waals surface area contributed by atoms with Gasteiger partial charge >= 0.3 is 0 Å². The fraction of sp³-hybridized carbons (Fsp3) is 0.273. The lowest BCUT2D eigenvalue weighted by atomic mass is 10.1. The standard InChI is InChI=1S/C11H15N.H2/c1-5-12-11-9(3)6-8(2)7-10(11)4;/h5-7,12H,1H2,2-4H3;1H. The monoisotopic (exact) mass is 163 g/mol. The average Bonchev–Trinajstić information content (AvgIpc) is 1.96. The van der Waals surface area contributed by atoms with Crippen LogP contribution in [0.1, 0.15) is 18.1 Å². The SMILES string of the molecule is C=CNc1c(C)cc(C)cc1C.[HH]. The van der Waals surface area contributed by atoms with Gasteiger partial charge in [-0.1, -0.05) is 24.3 Å². The van der Waals surface area contributed by atoms with Crippen molar-refractivity contribution < 1.29 is 1.43 Å². The van der Waals surface area contributed by atoms with Gasteiger partial charge in [0.2, 0.25) is 0 Å². The van der Waals surface area contributed by atoms with Crippen molar-refractivity contribution in [3.05, 3.63) is 41.6 Å². The molecule has 0 aliphatic heterocycles. The van der Waals surface area contributed by atoms with Crippen LogP contribution in [0.5, 0.6) is 0 Å². The second kappa shape index (κ2) is 3.44. The second-order valence-electron chi connectivity index (χ2n) is 3.12. The first-order valence-electron chi connectivity index (χ1n) is 4.10. The van der Waals surface area contributed by atoms with Crippen LogP contribution in [0.15, 0.2) is 24.9 Å². The van der Waals surface area contributed by atoms with E-state index in [2.05, 4.69) is 44.8 Å². The number of hydrogen-bond acceptors (Lipinski definition) is 1. The summed E-state index contributed by atoms with van der Waals surface area (Å²) in [5.41, 5.74) is 5.02. The number of nitrogens with one attached hydrogen (secondary N) is 1. The highest BCUT2D eigenvalue weighted by atomic mass is 14.8. The highest BCUT2D eigenvalue weighted by Gasteiger charge is 2.00. The van der Waals surface area contributed by atoms with Crippen LogP contribution in [0, 0.1) is 20.8 Å². The van der Waals surface area contributed by atoms with E-state index >= 15 is 0 Å². The second-order valence-corrected chi connectivity index (χ2v) is 3.12. The summed E-state index contributed by atoms with van der Waals surface area (Å²) in [4.78, 5) is 0. The summed E-state index contributed by atoms with van der Waals surface area (Å²) in [6.45, 7) is 9.96. The van der Waals surface area contributed by atoms with E-state index in [1.807, 2.05) is 0 Å². The molecular formula is C11H17N. The minimum Gasteiger partial charge on any atom is -0.362 e. The molecule has 0 aromatic heterocycles. The third kappa shape index (κ3) is 1.67. The molecule has 0 unspecified atom stereocenters. The normalized spacial score (nSPS) is 9.58. The van der Waals surface area contributed by atoms with E-state index in [9.17, 15) is 0 Å². The van der Waals surface area contributed by atoms with Crippen molar-refractivity contribution >= 4 is 5.69 Å². The first-order chi connectivity index (χ1) is 5.65. The highest BCUT2D eigenvalue weighted by Crippen LogP contribution is 2.21. The van der Waals surface area contributed by atoms with Crippen LogP contribution < -0.4 is 5.32 Å². The van der Waals surface area contributed by atoms with Crippen molar-refractivity contribution in [2.75, 3.05) is 5.32 Å². The molecule has 0 spiro atoms. The Labute approximate surface area is 75.6 Å². The Morgan fingerprint density at radius 1 is 1.25 bits per heavy atom. The van der Waals surface area contributed by atoms with E-state index < -0.39 is 0 Å². The lowest BCUT2D eigenvalue weighted by molar-refractivity contribution is 1.31. The van der Waals surface area contributed by atoms with Crippen molar-refractivity contribution in [1.82, 2.24) is 0 Å². The van der Waals surface area contributed by atoms with E-state index in [0.717, 1.165) is 0 Å². The topological polar surface area (TPSA) is 12.0 Å². The summed E-state index contributed by atoms with van der Waals surface area (Å²) in [5, 5.41) is 3.14. The van der Waals surface area contributed by atoms with Crippen molar-refractivity contribution in [1.29, 1.82) is 0 Å². The van der Waals surface area contributed by atoms with E-state index in [-0.39, 0.29) is 1.43 Å². The van der Waals surface area contributed by atoms with Gasteiger partial charge in [-0.2, -0.15) is 0 Å². The predicted molar refractivity (Wildman–Crippen MR) is 56.6 cm³/mol. The van der Waals surface area contributed by atoms with E-state index in [4.69, 9.17) is 0 Å². The molecular weight excluding hydrogens is 146 g/mol. The summed E-state index contributed by atoms with van der Waals surface area (Å²) in [6, 6.07) is 4.33. The summed E-state index contributed by atoms with van der Waals surface area (Å²) in [5.74, 6) is 0. The molecule has 0 saturated carbocycles. The Kier molecular flexibility index (Phi) is 2.54. The molecule has 66 valence electrons. The molecule has 1 heteroatoms. The van der Waals surface area contributed by atoms with Crippen LogP contribution in [-0.2, 0) is 0 Å². The molecule has 0 saturated heterocycles. The van der Waals surface area contributed by atoms with E-state index in [1.165, 1.54) is 22.4 Å². The Hall–Kier alpha value is -1.24. The van der Waals surface area contributed by atoms with Gasteiger partial charge in [-0.25, -0.2) is 0 Å². The van der Waals surface area contributed by atoms with Gasteiger partial charge in [-0.15, -0.1) is 0 Å². The van der Waals surface area contributed by atoms with Crippen LogP contribution in [0.3, 0.4) is 0 Å². The molecule has 1 aromatic rings. The Bertz CT molecular complexity index is 282. The van der Waals surface area contributed by atoms with Gasteiger partial charge in [-0.05, 0) is 38.1 Å². The minimum absolute atomic E-state index is 0. The molecule has 0 aliphatic carbocycles. The zero-order chi connectivity index (χ0) is 9.14. The Balaban J connectivity index is 0.00000144. The number of hydrogen-bond donors (Lipinski definition) is 1. The van der Waals surface area contributed by atoms with Crippen molar-refractivity contribution in [2.24, 2.45) is 0 Å². The van der Waals surface area contributed by atoms with Gasteiger partial charge in [0, 0.05) is 7.11 Å². The Morgan fingerprint density at radius 2 is 1.75 bits per heavy atom.